The first kappa shape index (κ1) is 22.2. The van der Waals surface area contributed by atoms with Gasteiger partial charge in [-0.05, 0) is 49.2 Å². The van der Waals surface area contributed by atoms with Crippen LogP contribution < -0.4 is 19.7 Å². The van der Waals surface area contributed by atoms with Crippen molar-refractivity contribution in [2.45, 2.75) is 25.2 Å². The standard InChI is InChI=1S/C19H22N2O7S/c1-4-9-28-16-8-6-13(10-17(16)27-3)18(22)20-21-29(25,26)14-7-5-12(2)15(11-14)19(23)24/h5-8,10-11,21H,4,9H2,1-3H3,(H,20,22)(H,23,24). The summed E-state index contributed by atoms with van der Waals surface area (Å²) in [6.45, 7) is 3.99. The van der Waals surface area contributed by atoms with E-state index in [1.165, 1.54) is 31.4 Å². The molecule has 2 rings (SSSR count). The number of hydrogen-bond acceptors (Lipinski definition) is 6. The molecule has 0 saturated carbocycles. The van der Waals surface area contributed by atoms with Crippen molar-refractivity contribution >= 4 is 21.9 Å². The smallest absolute Gasteiger partial charge is 0.335 e. The van der Waals surface area contributed by atoms with Crippen LogP contribution in [0, 0.1) is 6.92 Å². The molecule has 0 unspecified atom stereocenters. The number of ether oxygens (including phenoxy) is 2. The molecule has 0 spiro atoms. The predicted octanol–water partition coefficient (Wildman–Crippen LogP) is 2.11. The maximum Gasteiger partial charge on any atom is 0.335 e. The molecular weight excluding hydrogens is 400 g/mol. The van der Waals surface area contributed by atoms with Gasteiger partial charge in [0.05, 0.1) is 24.2 Å². The maximum absolute atomic E-state index is 12.4. The molecule has 0 aromatic heterocycles. The number of hydrogen-bond donors (Lipinski definition) is 3. The van der Waals surface area contributed by atoms with Crippen molar-refractivity contribution in [1.82, 2.24) is 10.3 Å². The fraction of sp³-hybridized carbons (Fsp3) is 0.263. The van der Waals surface area contributed by atoms with Crippen molar-refractivity contribution in [3.63, 3.8) is 0 Å². The Labute approximate surface area is 168 Å². The minimum atomic E-state index is -4.17. The number of amides is 1. The number of carbonyl (C=O) groups is 2. The van der Waals surface area contributed by atoms with Crippen LogP contribution in [0.25, 0.3) is 0 Å². The van der Waals surface area contributed by atoms with Gasteiger partial charge in [-0.1, -0.05) is 13.0 Å². The van der Waals surface area contributed by atoms with Gasteiger partial charge in [-0.25, -0.2) is 13.2 Å². The first-order valence-electron chi connectivity index (χ1n) is 8.66. The Morgan fingerprint density at radius 1 is 1.10 bits per heavy atom. The van der Waals surface area contributed by atoms with Crippen LogP contribution in [0.15, 0.2) is 41.3 Å². The predicted molar refractivity (Wildman–Crippen MR) is 105 cm³/mol. The molecular formula is C19H22N2O7S. The lowest BCUT2D eigenvalue weighted by Gasteiger charge is -2.13. The van der Waals surface area contributed by atoms with Gasteiger partial charge in [0, 0.05) is 5.56 Å². The molecule has 0 aliphatic rings. The van der Waals surface area contributed by atoms with Crippen LogP contribution >= 0.6 is 0 Å². The highest BCUT2D eigenvalue weighted by Gasteiger charge is 2.19. The van der Waals surface area contributed by atoms with Gasteiger partial charge in [-0.3, -0.25) is 10.2 Å². The van der Waals surface area contributed by atoms with Crippen molar-refractivity contribution in [3.05, 3.63) is 53.1 Å². The highest BCUT2D eigenvalue weighted by atomic mass is 32.2. The molecule has 0 heterocycles. The van der Waals surface area contributed by atoms with Crippen molar-refractivity contribution in [3.8, 4) is 11.5 Å². The Kier molecular flexibility index (Phi) is 7.18. The average molecular weight is 422 g/mol. The number of methoxy groups -OCH3 is 1. The topological polar surface area (TPSA) is 131 Å². The number of carboxylic acids is 1. The van der Waals surface area contributed by atoms with E-state index in [0.29, 0.717) is 23.7 Å². The van der Waals surface area contributed by atoms with Gasteiger partial charge in [0.15, 0.2) is 11.5 Å². The van der Waals surface area contributed by atoms with Gasteiger partial charge in [-0.2, -0.15) is 0 Å². The van der Waals surface area contributed by atoms with Crippen molar-refractivity contribution in [1.29, 1.82) is 0 Å². The Morgan fingerprint density at radius 2 is 1.83 bits per heavy atom. The van der Waals surface area contributed by atoms with E-state index < -0.39 is 21.9 Å². The second kappa shape index (κ2) is 9.39. The Balaban J connectivity index is 2.15. The van der Waals surface area contributed by atoms with Crippen LogP contribution in [0.5, 0.6) is 11.5 Å². The molecule has 10 heteroatoms. The summed E-state index contributed by atoms with van der Waals surface area (Å²) in [6.07, 6.45) is 0.801. The van der Waals surface area contributed by atoms with Crippen LogP contribution in [0.1, 0.15) is 39.6 Å². The maximum atomic E-state index is 12.4. The molecule has 9 nitrogen and oxygen atoms in total. The van der Waals surface area contributed by atoms with E-state index in [1.807, 2.05) is 11.8 Å². The highest BCUT2D eigenvalue weighted by molar-refractivity contribution is 7.89. The number of hydrazine groups is 1. The zero-order chi connectivity index (χ0) is 21.6. The van der Waals surface area contributed by atoms with Crippen molar-refractivity contribution < 1.29 is 32.6 Å². The number of rotatable bonds is 9. The van der Waals surface area contributed by atoms with Gasteiger partial charge < -0.3 is 14.6 Å². The number of aromatic carboxylic acids is 1. The third-order valence-corrected chi connectivity index (χ3v) is 5.18. The molecule has 0 aliphatic heterocycles. The normalized spacial score (nSPS) is 11.0. The number of nitrogens with one attached hydrogen (secondary N) is 2. The Morgan fingerprint density at radius 3 is 2.45 bits per heavy atom. The lowest BCUT2D eigenvalue weighted by molar-refractivity contribution is 0.0695. The number of aryl methyl sites for hydroxylation is 1. The summed E-state index contributed by atoms with van der Waals surface area (Å²) in [5, 5.41) is 9.14. The summed E-state index contributed by atoms with van der Waals surface area (Å²) in [7, 11) is -2.75. The first-order chi connectivity index (χ1) is 13.7. The molecule has 1 amide bonds. The van der Waals surface area contributed by atoms with Crippen LogP contribution in [-0.4, -0.2) is 39.1 Å². The van der Waals surface area contributed by atoms with Gasteiger partial charge in [0.1, 0.15) is 0 Å². The second-order valence-electron chi connectivity index (χ2n) is 6.06. The summed E-state index contributed by atoms with van der Waals surface area (Å²) in [5.41, 5.74) is 2.50. The Bertz CT molecular complexity index is 1020. The van der Waals surface area contributed by atoms with E-state index in [-0.39, 0.29) is 16.0 Å². The lowest BCUT2D eigenvalue weighted by Crippen LogP contribution is -2.41. The molecule has 156 valence electrons. The molecule has 2 aromatic rings. The molecule has 29 heavy (non-hydrogen) atoms. The van der Waals surface area contributed by atoms with Gasteiger partial charge in [0.25, 0.3) is 15.9 Å². The molecule has 0 bridgehead atoms. The average Bonchev–Trinajstić information content (AvgIpc) is 2.70. The number of sulfonamides is 1. The summed E-state index contributed by atoms with van der Waals surface area (Å²) in [6, 6.07) is 8.08. The third-order valence-electron chi connectivity index (χ3n) is 3.94. The highest BCUT2D eigenvalue weighted by Crippen LogP contribution is 2.28. The molecule has 0 saturated heterocycles. The molecule has 0 atom stereocenters. The van der Waals surface area contributed by atoms with Crippen LogP contribution in [-0.2, 0) is 10.0 Å². The molecule has 3 N–H and O–H groups in total. The second-order valence-corrected chi connectivity index (χ2v) is 7.74. The summed E-state index contributed by atoms with van der Waals surface area (Å²) < 4.78 is 35.5. The van der Waals surface area contributed by atoms with E-state index in [0.717, 1.165) is 12.5 Å². The summed E-state index contributed by atoms with van der Waals surface area (Å²) >= 11 is 0. The SMILES string of the molecule is CCCOc1ccc(C(=O)NNS(=O)(=O)c2ccc(C)c(C(=O)O)c2)cc1OC. The van der Waals surface area contributed by atoms with E-state index in [9.17, 15) is 18.0 Å². The lowest BCUT2D eigenvalue weighted by atomic mass is 10.1. The summed E-state index contributed by atoms with van der Waals surface area (Å²) in [4.78, 5) is 25.2. The number of benzene rings is 2. The van der Waals surface area contributed by atoms with E-state index in [1.54, 1.807) is 13.0 Å². The summed E-state index contributed by atoms with van der Waals surface area (Å²) in [5.74, 6) is -1.17. The van der Waals surface area contributed by atoms with Gasteiger partial charge in [0.2, 0.25) is 0 Å². The fourth-order valence-electron chi connectivity index (χ4n) is 2.38. The van der Waals surface area contributed by atoms with Crippen LogP contribution in [0.3, 0.4) is 0 Å². The van der Waals surface area contributed by atoms with E-state index >= 15 is 0 Å². The van der Waals surface area contributed by atoms with E-state index in [4.69, 9.17) is 14.6 Å². The monoisotopic (exact) mass is 422 g/mol. The van der Waals surface area contributed by atoms with Gasteiger partial charge in [-0.15, -0.1) is 4.83 Å². The first-order valence-corrected chi connectivity index (χ1v) is 10.1. The molecule has 0 radical (unpaired) electrons. The van der Waals surface area contributed by atoms with E-state index in [2.05, 4.69) is 5.43 Å². The third kappa shape index (κ3) is 5.46. The minimum absolute atomic E-state index is 0.142. The van der Waals surface area contributed by atoms with Crippen molar-refractivity contribution in [2.75, 3.05) is 13.7 Å². The molecule has 0 aliphatic carbocycles. The van der Waals surface area contributed by atoms with Crippen molar-refractivity contribution in [2.24, 2.45) is 0 Å². The molecule has 0 fully saturated rings. The van der Waals surface area contributed by atoms with Crippen LogP contribution in [0.4, 0.5) is 0 Å². The molecule has 2 aromatic carbocycles. The quantitative estimate of drug-likeness (QED) is 0.528. The Hall–Kier alpha value is -3.11. The van der Waals surface area contributed by atoms with Crippen LogP contribution in [0.2, 0.25) is 0 Å². The van der Waals surface area contributed by atoms with Gasteiger partial charge >= 0.3 is 5.97 Å². The largest absolute Gasteiger partial charge is 0.493 e. The number of carbonyl (C=O) groups excluding carboxylic acids is 1. The zero-order valence-electron chi connectivity index (χ0n) is 16.2. The minimum Gasteiger partial charge on any atom is -0.493 e. The zero-order valence-corrected chi connectivity index (χ0v) is 17.0. The fourth-order valence-corrected chi connectivity index (χ4v) is 3.25. The number of carboxylic acid groups (broad SMARTS) is 1.